The number of nitriles is 4. The van der Waals surface area contributed by atoms with Crippen LogP contribution < -0.4 is 5.32 Å². The van der Waals surface area contributed by atoms with E-state index < -0.39 is 28.7 Å². The van der Waals surface area contributed by atoms with E-state index in [9.17, 15) is 25.8 Å². The van der Waals surface area contributed by atoms with Crippen LogP contribution in [-0.4, -0.2) is 11.9 Å². The maximum Gasteiger partial charge on any atom is 0.224 e. The van der Waals surface area contributed by atoms with Gasteiger partial charge in [0.1, 0.15) is 0 Å². The van der Waals surface area contributed by atoms with Gasteiger partial charge >= 0.3 is 0 Å². The lowest BCUT2D eigenvalue weighted by Gasteiger charge is -2.43. The topological polar surface area (TPSA) is 124 Å². The van der Waals surface area contributed by atoms with Crippen LogP contribution in [0, 0.1) is 68.0 Å². The highest BCUT2D eigenvalue weighted by molar-refractivity contribution is 5.82. The van der Waals surface area contributed by atoms with Crippen LogP contribution in [0.1, 0.15) is 13.8 Å². The summed E-state index contributed by atoms with van der Waals surface area (Å²) in [6.07, 6.45) is 1.62. The van der Waals surface area contributed by atoms with Crippen molar-refractivity contribution < 1.29 is 4.79 Å². The van der Waals surface area contributed by atoms with Crippen LogP contribution in [-0.2, 0) is 4.79 Å². The second kappa shape index (κ2) is 4.09. The van der Waals surface area contributed by atoms with Gasteiger partial charge in [-0.2, -0.15) is 21.0 Å². The van der Waals surface area contributed by atoms with Crippen molar-refractivity contribution in [3.63, 3.8) is 0 Å². The normalized spacial score (nSPS) is 32.4. The predicted molar refractivity (Wildman–Crippen MR) is 65.7 cm³/mol. The van der Waals surface area contributed by atoms with Crippen molar-refractivity contribution in [2.75, 3.05) is 0 Å². The Morgan fingerprint density at radius 1 is 1.10 bits per heavy atom. The second-order valence-corrected chi connectivity index (χ2v) is 5.23. The Morgan fingerprint density at radius 2 is 1.60 bits per heavy atom. The van der Waals surface area contributed by atoms with Crippen molar-refractivity contribution in [1.29, 1.82) is 21.0 Å². The van der Waals surface area contributed by atoms with Crippen LogP contribution in [0.4, 0.5) is 0 Å². The molecule has 0 unspecified atom stereocenters. The largest absolute Gasteiger partial charge is 0.347 e. The fourth-order valence-electron chi connectivity index (χ4n) is 3.36. The number of allylic oxidation sites excluding steroid dienone is 1. The van der Waals surface area contributed by atoms with Gasteiger partial charge in [0.2, 0.25) is 5.91 Å². The first kappa shape index (κ1) is 13.6. The van der Waals surface area contributed by atoms with E-state index in [0.29, 0.717) is 5.57 Å². The van der Waals surface area contributed by atoms with Crippen LogP contribution >= 0.6 is 0 Å². The summed E-state index contributed by atoms with van der Waals surface area (Å²) in [6, 6.07) is 6.45. The molecule has 20 heavy (non-hydrogen) atoms. The molecular weight excluding hydrogens is 254 g/mol. The van der Waals surface area contributed by atoms with Crippen molar-refractivity contribution in [3.05, 3.63) is 11.6 Å². The third kappa shape index (κ3) is 1.21. The molecule has 3 rings (SSSR count). The van der Waals surface area contributed by atoms with Crippen molar-refractivity contribution in [3.8, 4) is 24.3 Å². The van der Waals surface area contributed by atoms with Crippen LogP contribution in [0.25, 0.3) is 0 Å². The smallest absolute Gasteiger partial charge is 0.224 e. The molecule has 1 amide bonds. The molecule has 6 heteroatoms. The van der Waals surface area contributed by atoms with E-state index in [1.54, 1.807) is 19.9 Å². The Labute approximate surface area is 116 Å². The molecule has 2 heterocycles. The summed E-state index contributed by atoms with van der Waals surface area (Å²) >= 11 is 0. The van der Waals surface area contributed by atoms with Gasteiger partial charge in [-0.1, -0.05) is 18.6 Å². The first-order valence-electron chi connectivity index (χ1n) is 6.07. The summed E-state index contributed by atoms with van der Waals surface area (Å²) in [5.41, 5.74) is -3.08. The van der Waals surface area contributed by atoms with Gasteiger partial charge in [0.25, 0.3) is 0 Å². The lowest BCUT2D eigenvalue weighted by atomic mass is 9.51. The first-order valence-corrected chi connectivity index (χ1v) is 6.07. The van der Waals surface area contributed by atoms with E-state index in [0.717, 1.165) is 0 Å². The lowest BCUT2D eigenvalue weighted by molar-refractivity contribution is -0.125. The minimum atomic E-state index is -1.90. The zero-order valence-corrected chi connectivity index (χ0v) is 11.0. The molecule has 0 saturated carbocycles. The predicted octanol–water partition coefficient (Wildman–Crippen LogP) is 0.764. The van der Waals surface area contributed by atoms with Crippen molar-refractivity contribution in [1.82, 2.24) is 5.32 Å². The monoisotopic (exact) mass is 265 g/mol. The summed E-state index contributed by atoms with van der Waals surface area (Å²) in [6.45, 7) is 3.32. The molecule has 2 aliphatic heterocycles. The Bertz CT molecular complexity index is 650. The summed E-state index contributed by atoms with van der Waals surface area (Å²) < 4.78 is 0. The van der Waals surface area contributed by atoms with Gasteiger partial charge < -0.3 is 5.32 Å². The molecule has 1 saturated heterocycles. The third-order valence-corrected chi connectivity index (χ3v) is 4.39. The van der Waals surface area contributed by atoms with Crippen LogP contribution in [0.5, 0.6) is 0 Å². The van der Waals surface area contributed by atoms with Gasteiger partial charge in [0.05, 0.1) is 30.3 Å². The van der Waals surface area contributed by atoms with Gasteiger partial charge in [-0.05, 0) is 6.92 Å². The Hall–Kier alpha value is -2.83. The number of amides is 1. The van der Waals surface area contributed by atoms with Gasteiger partial charge in [-0.25, -0.2) is 0 Å². The minimum absolute atomic E-state index is 0.352. The molecule has 1 N–H and O–H groups in total. The molecule has 2 bridgehead atoms. The standard InChI is InChI=1S/C14H11N5O/c1-8-3-10-13(4-15,5-16)14(6-17,7-18)11(8)9(2)12(20)19-10/h3,9-11H,1-2H3,(H,19,20)/t9-,10+,11+/m1/s1. The number of carbonyl (C=O) groups is 1. The molecule has 0 aromatic heterocycles. The van der Waals surface area contributed by atoms with Crippen LogP contribution in [0.3, 0.4) is 0 Å². The fourth-order valence-corrected chi connectivity index (χ4v) is 3.36. The van der Waals surface area contributed by atoms with E-state index >= 15 is 0 Å². The number of hydrogen-bond acceptors (Lipinski definition) is 5. The molecule has 98 valence electrons. The average Bonchev–Trinajstić information content (AvgIpc) is 2.60. The summed E-state index contributed by atoms with van der Waals surface area (Å²) in [5, 5.41) is 40.7. The number of nitrogens with one attached hydrogen (secondary N) is 1. The Morgan fingerprint density at radius 3 is 2.05 bits per heavy atom. The van der Waals surface area contributed by atoms with Crippen molar-refractivity contribution >= 4 is 5.91 Å². The van der Waals surface area contributed by atoms with Crippen molar-refractivity contribution in [2.45, 2.75) is 19.9 Å². The van der Waals surface area contributed by atoms with E-state index in [-0.39, 0.29) is 5.91 Å². The summed E-state index contributed by atoms with van der Waals surface area (Å²) in [4.78, 5) is 12.1. The zero-order chi connectivity index (χ0) is 15.1. The Kier molecular flexibility index (Phi) is 2.78. The third-order valence-electron chi connectivity index (χ3n) is 4.39. The van der Waals surface area contributed by atoms with E-state index in [1.165, 1.54) is 0 Å². The molecule has 1 fully saturated rings. The number of hydrogen-bond donors (Lipinski definition) is 1. The molecule has 6 nitrogen and oxygen atoms in total. The van der Waals surface area contributed by atoms with E-state index in [2.05, 4.69) is 5.32 Å². The molecule has 0 aromatic rings. The molecule has 3 atom stereocenters. The van der Waals surface area contributed by atoms with E-state index in [4.69, 9.17) is 0 Å². The number of nitrogens with zero attached hydrogens (tertiary/aromatic N) is 4. The minimum Gasteiger partial charge on any atom is -0.347 e. The molecule has 1 aliphatic carbocycles. The quantitative estimate of drug-likeness (QED) is 0.647. The maximum absolute atomic E-state index is 12.1. The van der Waals surface area contributed by atoms with Crippen LogP contribution in [0.15, 0.2) is 11.6 Å². The van der Waals surface area contributed by atoms with Gasteiger partial charge in [0.15, 0.2) is 10.8 Å². The van der Waals surface area contributed by atoms with Gasteiger partial charge in [0, 0.05) is 11.8 Å². The highest BCUT2D eigenvalue weighted by atomic mass is 16.2. The molecule has 3 aliphatic rings. The first-order chi connectivity index (χ1) is 9.44. The van der Waals surface area contributed by atoms with Gasteiger partial charge in [-0.3, -0.25) is 4.79 Å². The second-order valence-electron chi connectivity index (χ2n) is 5.23. The SMILES string of the molecule is CC1=C[C@@H]2NC(=O)[C@H](C)[C@H]1C(C#N)(C#N)C2(C#N)C#N. The summed E-state index contributed by atoms with van der Waals surface area (Å²) in [5.74, 6) is -1.77. The zero-order valence-electron chi connectivity index (χ0n) is 11.0. The highest BCUT2D eigenvalue weighted by Crippen LogP contribution is 2.56. The number of carbonyl (C=O) groups excluding carboxylic acids is 1. The van der Waals surface area contributed by atoms with E-state index in [1.807, 2.05) is 24.3 Å². The number of fused-ring (bicyclic) bond motifs is 3. The Balaban J connectivity index is 2.92. The number of rotatable bonds is 0. The fraction of sp³-hybridized carbons (Fsp3) is 0.500. The maximum atomic E-state index is 12.1. The lowest BCUT2D eigenvalue weighted by Crippen LogP contribution is -2.55. The molecule has 0 aromatic carbocycles. The van der Waals surface area contributed by atoms with Crippen molar-refractivity contribution in [2.24, 2.45) is 22.7 Å². The average molecular weight is 265 g/mol. The highest BCUT2D eigenvalue weighted by Gasteiger charge is 2.68. The molecule has 0 spiro atoms. The molecule has 0 radical (unpaired) electrons. The van der Waals surface area contributed by atoms with Gasteiger partial charge in [-0.15, -0.1) is 0 Å². The summed E-state index contributed by atoms with van der Waals surface area (Å²) in [7, 11) is 0. The van der Waals surface area contributed by atoms with Crippen LogP contribution in [0.2, 0.25) is 0 Å². The molecular formula is C14H11N5O.